The smallest absolute Gasteiger partial charge is 0.459 e. The van der Waals surface area contributed by atoms with E-state index in [0.29, 0.717) is 5.56 Å². The first-order chi connectivity index (χ1) is 20.2. The van der Waals surface area contributed by atoms with Gasteiger partial charge >= 0.3 is 19.4 Å². The van der Waals surface area contributed by atoms with Crippen LogP contribution in [0.1, 0.15) is 24.3 Å². The molecule has 1 aliphatic heterocycles. The number of esters is 1. The number of fused-ring (bicyclic) bond motifs is 1. The zero-order valence-corrected chi connectivity index (χ0v) is 23.9. The fraction of sp³-hybridized carbons (Fsp3) is 0.233. The number of nitrogens with one attached hydrogen (secondary N) is 2. The number of hydrogen-bond donors (Lipinski definition) is 2. The molecule has 1 unspecified atom stereocenters. The predicted octanol–water partition coefficient (Wildman–Crippen LogP) is 4.38. The minimum Gasteiger partial charge on any atom is -0.460 e. The van der Waals surface area contributed by atoms with Gasteiger partial charge in [0.2, 0.25) is 0 Å². The molecule has 218 valence electrons. The number of hydrogen-bond acceptors (Lipinski definition) is 8. The number of rotatable bonds is 11. The molecule has 4 atom stereocenters. The van der Waals surface area contributed by atoms with Crippen molar-refractivity contribution in [2.75, 3.05) is 6.61 Å². The summed E-state index contributed by atoms with van der Waals surface area (Å²) < 4.78 is 37.8. The van der Waals surface area contributed by atoms with Crippen LogP contribution in [0.4, 0.5) is 0 Å². The van der Waals surface area contributed by atoms with E-state index in [1.807, 2.05) is 42.5 Å². The minimum absolute atomic E-state index is 0.0338. The van der Waals surface area contributed by atoms with Gasteiger partial charge in [-0.1, -0.05) is 60.7 Å². The summed E-state index contributed by atoms with van der Waals surface area (Å²) in [6.45, 7) is 2.89. The normalized spacial score (nSPS) is 18.4. The molecule has 0 fully saturated rings. The Bertz CT molecular complexity index is 1770. The molecule has 0 saturated carbocycles. The van der Waals surface area contributed by atoms with Crippen LogP contribution in [0.15, 0.2) is 101 Å². The van der Waals surface area contributed by atoms with Gasteiger partial charge in [0.1, 0.15) is 24.5 Å². The highest BCUT2D eigenvalue weighted by Gasteiger charge is 2.34. The minimum atomic E-state index is -4.13. The van der Waals surface area contributed by atoms with E-state index in [2.05, 4.69) is 10.1 Å². The summed E-state index contributed by atoms with van der Waals surface area (Å²) in [5.41, 5.74) is 0.0502. The van der Waals surface area contributed by atoms with E-state index < -0.39 is 43.3 Å². The van der Waals surface area contributed by atoms with Crippen LogP contribution in [-0.4, -0.2) is 34.3 Å². The largest absolute Gasteiger partial charge is 0.460 e. The van der Waals surface area contributed by atoms with E-state index in [-0.39, 0.29) is 19.0 Å². The lowest BCUT2D eigenvalue weighted by atomic mass is 10.1. The summed E-state index contributed by atoms with van der Waals surface area (Å²) in [7, 11) is -4.13. The van der Waals surface area contributed by atoms with Crippen molar-refractivity contribution in [3.63, 3.8) is 0 Å². The molecule has 0 amide bonds. The fourth-order valence-corrected chi connectivity index (χ4v) is 5.80. The molecular formula is C30H30N3O8P. The number of ether oxygens (including phenoxy) is 2. The van der Waals surface area contributed by atoms with Crippen LogP contribution in [0, 0.1) is 6.92 Å². The van der Waals surface area contributed by atoms with Gasteiger partial charge < -0.3 is 14.0 Å². The van der Waals surface area contributed by atoms with Crippen molar-refractivity contribution < 1.29 is 27.9 Å². The molecule has 0 bridgehead atoms. The van der Waals surface area contributed by atoms with E-state index in [1.165, 1.54) is 17.7 Å². The van der Waals surface area contributed by atoms with E-state index >= 15 is 0 Å². The molecule has 2 heterocycles. The van der Waals surface area contributed by atoms with Crippen molar-refractivity contribution in [1.82, 2.24) is 14.6 Å². The third-order valence-electron chi connectivity index (χ3n) is 6.50. The lowest BCUT2D eigenvalue weighted by Gasteiger charge is -2.24. The van der Waals surface area contributed by atoms with Crippen molar-refractivity contribution in [2.45, 2.75) is 38.8 Å². The maximum absolute atomic E-state index is 13.8. The number of nitrogens with zero attached hydrogens (tertiary/aromatic N) is 1. The summed E-state index contributed by atoms with van der Waals surface area (Å²) in [6, 6.07) is 21.0. The van der Waals surface area contributed by atoms with Gasteiger partial charge in [0.05, 0.1) is 6.61 Å². The SMILES string of the molecule is Cc1cn([C@H]2C=C[C@@H](COP(=O)(N[C@@H](C)C(=O)OCc3ccc4ccccc4c3)Oc3ccccc3)O2)c(=O)[nH]c1=O. The zero-order chi connectivity index (χ0) is 29.7. The average molecular weight is 592 g/mol. The fourth-order valence-electron chi connectivity index (χ4n) is 4.30. The molecule has 3 aromatic carbocycles. The Morgan fingerprint density at radius 2 is 1.79 bits per heavy atom. The Kier molecular flexibility index (Phi) is 8.84. The van der Waals surface area contributed by atoms with Gasteiger partial charge in [0.25, 0.3) is 5.56 Å². The maximum atomic E-state index is 13.8. The first-order valence-electron chi connectivity index (χ1n) is 13.3. The number of aromatic amines is 1. The van der Waals surface area contributed by atoms with E-state index in [9.17, 15) is 18.9 Å². The van der Waals surface area contributed by atoms with Crippen molar-refractivity contribution in [3.05, 3.63) is 123 Å². The maximum Gasteiger partial charge on any atom is 0.459 e. The lowest BCUT2D eigenvalue weighted by Crippen LogP contribution is -2.36. The molecule has 11 nitrogen and oxygen atoms in total. The van der Waals surface area contributed by atoms with Crippen LogP contribution in [0.25, 0.3) is 10.8 Å². The molecule has 1 aromatic heterocycles. The molecule has 0 aliphatic carbocycles. The number of benzene rings is 3. The topological polar surface area (TPSA) is 138 Å². The number of H-pyrrole nitrogens is 1. The second-order valence-electron chi connectivity index (χ2n) is 9.77. The van der Waals surface area contributed by atoms with Crippen molar-refractivity contribution in [1.29, 1.82) is 0 Å². The average Bonchev–Trinajstić information content (AvgIpc) is 3.46. The first-order valence-corrected chi connectivity index (χ1v) is 14.8. The van der Waals surface area contributed by atoms with Crippen LogP contribution in [0.3, 0.4) is 0 Å². The Hall–Kier alpha value is -4.28. The highest BCUT2D eigenvalue weighted by molar-refractivity contribution is 7.52. The molecule has 42 heavy (non-hydrogen) atoms. The molecule has 0 saturated heterocycles. The van der Waals surface area contributed by atoms with Gasteiger partial charge in [-0.3, -0.25) is 23.7 Å². The van der Waals surface area contributed by atoms with Gasteiger partial charge in [-0.05, 0) is 54.5 Å². The summed E-state index contributed by atoms with van der Waals surface area (Å²) >= 11 is 0. The Balaban J connectivity index is 1.22. The van der Waals surface area contributed by atoms with Crippen molar-refractivity contribution in [2.24, 2.45) is 0 Å². The standard InChI is InChI=1S/C30H30N3O8P/c1-20-17-33(30(36)31-28(20)34)27-15-14-26(40-27)19-39-42(37,41-25-10-4-3-5-11-25)32-21(2)29(35)38-18-22-12-13-23-8-6-7-9-24(23)16-22/h3-17,21,26-27H,18-19H2,1-2H3,(H,32,37)(H,31,34,36)/t21-,26-,27+,42?/m0/s1. The molecule has 0 radical (unpaired) electrons. The van der Waals surface area contributed by atoms with E-state index in [4.69, 9.17) is 18.5 Å². The number of aryl methyl sites for hydroxylation is 1. The Morgan fingerprint density at radius 3 is 2.57 bits per heavy atom. The highest BCUT2D eigenvalue weighted by Crippen LogP contribution is 2.45. The molecule has 12 heteroatoms. The summed E-state index contributed by atoms with van der Waals surface area (Å²) in [6.07, 6.45) is 3.17. The summed E-state index contributed by atoms with van der Waals surface area (Å²) in [5.74, 6) is -0.380. The van der Waals surface area contributed by atoms with E-state index in [0.717, 1.165) is 16.3 Å². The van der Waals surface area contributed by atoms with Gasteiger partial charge in [-0.2, -0.15) is 5.09 Å². The summed E-state index contributed by atoms with van der Waals surface area (Å²) in [5, 5.41) is 4.76. The third-order valence-corrected chi connectivity index (χ3v) is 8.15. The third kappa shape index (κ3) is 7.13. The van der Waals surface area contributed by atoms with Crippen LogP contribution in [0.2, 0.25) is 0 Å². The number of para-hydroxylation sites is 1. The molecule has 2 N–H and O–H groups in total. The predicted molar refractivity (Wildman–Crippen MR) is 156 cm³/mol. The molecule has 0 spiro atoms. The molecule has 5 rings (SSSR count). The van der Waals surface area contributed by atoms with Gasteiger partial charge in [0.15, 0.2) is 6.23 Å². The van der Waals surface area contributed by atoms with Crippen LogP contribution < -0.4 is 20.9 Å². The lowest BCUT2D eigenvalue weighted by molar-refractivity contribution is -0.146. The molecule has 4 aromatic rings. The second-order valence-corrected chi connectivity index (χ2v) is 11.5. The number of aromatic nitrogens is 2. The van der Waals surface area contributed by atoms with Crippen LogP contribution in [0.5, 0.6) is 5.75 Å². The van der Waals surface area contributed by atoms with Crippen LogP contribution in [-0.2, 0) is 30.0 Å². The first kappa shape index (κ1) is 29.2. The second kappa shape index (κ2) is 12.7. The van der Waals surface area contributed by atoms with Gasteiger partial charge in [0, 0.05) is 11.8 Å². The van der Waals surface area contributed by atoms with Gasteiger partial charge in [-0.15, -0.1) is 0 Å². The van der Waals surface area contributed by atoms with Crippen molar-refractivity contribution in [3.8, 4) is 5.75 Å². The van der Waals surface area contributed by atoms with Crippen LogP contribution >= 0.6 is 7.75 Å². The Labute approximate surface area is 241 Å². The van der Waals surface area contributed by atoms with E-state index in [1.54, 1.807) is 49.4 Å². The molecule has 1 aliphatic rings. The zero-order valence-electron chi connectivity index (χ0n) is 23.0. The number of carbonyl (C=O) groups excluding carboxylic acids is 1. The highest BCUT2D eigenvalue weighted by atomic mass is 31.2. The Morgan fingerprint density at radius 1 is 1.05 bits per heavy atom. The quantitative estimate of drug-likeness (QED) is 0.148. The molecular weight excluding hydrogens is 561 g/mol. The number of carbonyl (C=O) groups is 1. The van der Waals surface area contributed by atoms with Gasteiger partial charge in [-0.25, -0.2) is 9.36 Å². The summed E-state index contributed by atoms with van der Waals surface area (Å²) in [4.78, 5) is 39.0. The van der Waals surface area contributed by atoms with Crippen molar-refractivity contribution >= 4 is 24.5 Å². The monoisotopic (exact) mass is 591 g/mol.